The van der Waals surface area contributed by atoms with Gasteiger partial charge in [-0.1, -0.05) is 6.08 Å². The van der Waals surface area contributed by atoms with Crippen LogP contribution in [0.15, 0.2) is 12.7 Å². The first kappa shape index (κ1) is 23.6. The molecule has 0 aromatic carbocycles. The maximum atomic E-state index is 10.8. The van der Waals surface area contributed by atoms with Crippen molar-refractivity contribution in [2.75, 3.05) is 13.2 Å². The summed E-state index contributed by atoms with van der Waals surface area (Å²) in [5.41, 5.74) is 0. The Bertz CT molecular complexity index is 378. The average Bonchev–Trinajstić information content (AvgIpc) is 2.22. The second kappa shape index (κ2) is 12.6. The molecule has 0 bridgehead atoms. The molecule has 0 saturated heterocycles. The molecule has 0 amide bonds. The van der Waals surface area contributed by atoms with Crippen LogP contribution in [0, 0.1) is 0 Å². The third kappa shape index (κ3) is 13.8. The Hall–Kier alpha value is -0.450. The number of carboxylic acids is 1. The Labute approximate surface area is 133 Å². The SMILES string of the molecule is C=CC.O=C(CC(C(=O)[O-])S(=O)(=O)O)OCCO.[Na+]. The van der Waals surface area contributed by atoms with E-state index in [0.717, 1.165) is 0 Å². The number of rotatable bonds is 6. The van der Waals surface area contributed by atoms with Crippen molar-refractivity contribution in [3.05, 3.63) is 12.7 Å². The van der Waals surface area contributed by atoms with E-state index in [-0.39, 0.29) is 36.2 Å². The smallest absolute Gasteiger partial charge is 0.549 e. The largest absolute Gasteiger partial charge is 1.00 e. The van der Waals surface area contributed by atoms with Crippen LogP contribution in [0.1, 0.15) is 13.3 Å². The standard InChI is InChI=1S/C6H10O8S.C3H6.Na/c7-1-2-14-5(8)3-4(6(9)10)15(11,12)13;1-3-2;/h4,7H,1-3H2,(H,9,10)(H,11,12,13);3H,1H2,2H3;/q;;+1/p-1. The van der Waals surface area contributed by atoms with Crippen LogP contribution in [0.4, 0.5) is 0 Å². The van der Waals surface area contributed by atoms with Crippen LogP contribution in [0.3, 0.4) is 0 Å². The first-order valence-corrected chi connectivity index (χ1v) is 6.21. The van der Waals surface area contributed by atoms with Gasteiger partial charge in [0.25, 0.3) is 10.1 Å². The Morgan fingerprint density at radius 2 is 1.89 bits per heavy atom. The molecule has 106 valence electrons. The van der Waals surface area contributed by atoms with E-state index >= 15 is 0 Å². The summed E-state index contributed by atoms with van der Waals surface area (Å²) in [6.45, 7) is 4.39. The third-order valence-corrected chi connectivity index (χ3v) is 2.41. The predicted molar refractivity (Wildman–Crippen MR) is 58.9 cm³/mol. The first-order valence-electron chi connectivity index (χ1n) is 4.71. The summed E-state index contributed by atoms with van der Waals surface area (Å²) < 4.78 is 33.5. The van der Waals surface area contributed by atoms with E-state index in [9.17, 15) is 23.1 Å². The number of aliphatic carboxylic acids is 1. The fourth-order valence-corrected chi connectivity index (χ4v) is 1.27. The van der Waals surface area contributed by atoms with E-state index in [1.807, 2.05) is 6.92 Å². The van der Waals surface area contributed by atoms with Gasteiger partial charge in [0.1, 0.15) is 11.9 Å². The normalized spacial score (nSPS) is 11.1. The van der Waals surface area contributed by atoms with Gasteiger partial charge in [-0.25, -0.2) is 0 Å². The number of carbonyl (C=O) groups excluding carboxylic acids is 2. The van der Waals surface area contributed by atoms with E-state index in [0.29, 0.717) is 0 Å². The van der Waals surface area contributed by atoms with Crippen molar-refractivity contribution < 1.29 is 67.1 Å². The zero-order chi connectivity index (χ0) is 14.8. The van der Waals surface area contributed by atoms with E-state index in [2.05, 4.69) is 11.3 Å². The van der Waals surface area contributed by atoms with Gasteiger partial charge in [-0.2, -0.15) is 8.42 Å². The molecule has 0 aromatic rings. The molecule has 0 fully saturated rings. The molecule has 8 nitrogen and oxygen atoms in total. The summed E-state index contributed by atoms with van der Waals surface area (Å²) in [6, 6.07) is 0. The summed E-state index contributed by atoms with van der Waals surface area (Å²) in [5.74, 6) is -3.27. The van der Waals surface area contributed by atoms with Crippen molar-refractivity contribution in [1.29, 1.82) is 0 Å². The fourth-order valence-electron chi connectivity index (χ4n) is 0.680. The molecular formula is C9H15NaO8S. The van der Waals surface area contributed by atoms with Gasteiger partial charge in [-0.3, -0.25) is 9.35 Å². The zero-order valence-electron chi connectivity index (χ0n) is 10.7. The molecule has 0 aliphatic rings. The van der Waals surface area contributed by atoms with E-state index in [4.69, 9.17) is 9.66 Å². The number of esters is 1. The summed E-state index contributed by atoms with van der Waals surface area (Å²) in [5, 5.41) is 16.1. The number of hydrogen-bond acceptors (Lipinski definition) is 7. The van der Waals surface area contributed by atoms with E-state index in [1.54, 1.807) is 6.08 Å². The van der Waals surface area contributed by atoms with Crippen molar-refractivity contribution >= 4 is 22.1 Å². The Kier molecular flexibility index (Phi) is 15.6. The van der Waals surface area contributed by atoms with Gasteiger partial charge in [0.05, 0.1) is 19.0 Å². The van der Waals surface area contributed by atoms with Crippen LogP contribution in [-0.4, -0.2) is 48.5 Å². The summed E-state index contributed by atoms with van der Waals surface area (Å²) in [4.78, 5) is 21.0. The molecule has 0 aliphatic heterocycles. The molecule has 0 saturated carbocycles. The van der Waals surface area contributed by atoms with Crippen LogP contribution in [0.2, 0.25) is 0 Å². The summed E-state index contributed by atoms with van der Waals surface area (Å²) in [6.07, 6.45) is 0.682. The van der Waals surface area contributed by atoms with Crippen molar-refractivity contribution in [3.63, 3.8) is 0 Å². The summed E-state index contributed by atoms with van der Waals surface area (Å²) in [7, 11) is -4.91. The minimum Gasteiger partial charge on any atom is -0.549 e. The van der Waals surface area contributed by atoms with Gasteiger partial charge < -0.3 is 19.7 Å². The minimum absolute atomic E-state index is 0. The topological polar surface area (TPSA) is 141 Å². The van der Waals surface area contributed by atoms with Gasteiger partial charge in [-0.15, -0.1) is 6.58 Å². The molecule has 0 spiro atoms. The monoisotopic (exact) mass is 306 g/mol. The van der Waals surface area contributed by atoms with E-state index < -0.39 is 40.3 Å². The van der Waals surface area contributed by atoms with Crippen molar-refractivity contribution in [1.82, 2.24) is 0 Å². The van der Waals surface area contributed by atoms with Crippen molar-refractivity contribution in [2.24, 2.45) is 0 Å². The Morgan fingerprint density at radius 1 is 1.47 bits per heavy atom. The van der Waals surface area contributed by atoms with Crippen LogP contribution in [0.5, 0.6) is 0 Å². The molecule has 1 atom stereocenters. The first-order chi connectivity index (χ1) is 8.20. The van der Waals surface area contributed by atoms with Gasteiger partial charge >= 0.3 is 35.5 Å². The number of carbonyl (C=O) groups is 2. The quantitative estimate of drug-likeness (QED) is 0.215. The molecule has 0 aromatic heterocycles. The molecule has 1 unspecified atom stereocenters. The molecule has 10 heteroatoms. The summed E-state index contributed by atoms with van der Waals surface area (Å²) >= 11 is 0. The molecule has 2 N–H and O–H groups in total. The van der Waals surface area contributed by atoms with Crippen LogP contribution >= 0.6 is 0 Å². The average molecular weight is 306 g/mol. The molecule has 0 heterocycles. The molecule has 0 rings (SSSR count). The van der Waals surface area contributed by atoms with Gasteiger partial charge in [-0.05, 0) is 6.92 Å². The Balaban J connectivity index is -0.000000580. The fraction of sp³-hybridized carbons (Fsp3) is 0.556. The molecular weight excluding hydrogens is 291 g/mol. The van der Waals surface area contributed by atoms with E-state index in [1.165, 1.54) is 0 Å². The maximum Gasteiger partial charge on any atom is 1.00 e. The number of aliphatic hydroxyl groups is 1. The van der Waals surface area contributed by atoms with Crippen LogP contribution in [-0.2, 0) is 24.4 Å². The van der Waals surface area contributed by atoms with Crippen LogP contribution < -0.4 is 34.7 Å². The number of hydrogen-bond donors (Lipinski definition) is 2. The van der Waals surface area contributed by atoms with Gasteiger partial charge in [0.15, 0.2) is 0 Å². The number of aliphatic hydroxyl groups excluding tert-OH is 1. The predicted octanol–water partition coefficient (Wildman–Crippen LogP) is -4.89. The van der Waals surface area contributed by atoms with Gasteiger partial charge in [0, 0.05) is 0 Å². The van der Waals surface area contributed by atoms with Crippen LogP contribution in [0.25, 0.3) is 0 Å². The van der Waals surface area contributed by atoms with Crippen molar-refractivity contribution in [3.8, 4) is 0 Å². The Morgan fingerprint density at radius 3 is 2.16 bits per heavy atom. The number of ether oxygens (including phenoxy) is 1. The number of allylic oxidation sites excluding steroid dienone is 1. The zero-order valence-corrected chi connectivity index (χ0v) is 13.6. The molecule has 19 heavy (non-hydrogen) atoms. The van der Waals surface area contributed by atoms with Gasteiger partial charge in [0.2, 0.25) is 0 Å². The number of carboxylic acid groups (broad SMARTS) is 1. The second-order valence-corrected chi connectivity index (χ2v) is 4.48. The van der Waals surface area contributed by atoms with Crippen molar-refractivity contribution in [2.45, 2.75) is 18.6 Å². The molecule has 0 aliphatic carbocycles. The minimum atomic E-state index is -4.91. The second-order valence-electron chi connectivity index (χ2n) is 2.88. The maximum absolute atomic E-state index is 10.8. The molecule has 0 radical (unpaired) electrons. The third-order valence-electron chi connectivity index (χ3n) is 1.33.